The van der Waals surface area contributed by atoms with Crippen LogP contribution in [0.5, 0.6) is 11.5 Å². The van der Waals surface area contributed by atoms with Gasteiger partial charge in [-0.05, 0) is 61.1 Å². The molecule has 29 heavy (non-hydrogen) atoms. The molecule has 0 amide bonds. The fourth-order valence-electron chi connectivity index (χ4n) is 3.69. The lowest BCUT2D eigenvalue weighted by atomic mass is 9.94. The van der Waals surface area contributed by atoms with Crippen LogP contribution in [-0.2, 0) is 10.0 Å². The van der Waals surface area contributed by atoms with Crippen molar-refractivity contribution >= 4 is 38.9 Å². The van der Waals surface area contributed by atoms with Gasteiger partial charge in [-0.2, -0.15) is 4.31 Å². The topological polar surface area (TPSA) is 78.9 Å². The van der Waals surface area contributed by atoms with Crippen molar-refractivity contribution in [2.45, 2.75) is 32.1 Å². The summed E-state index contributed by atoms with van der Waals surface area (Å²) in [6.45, 7) is 6.87. The number of anilines is 1. The summed E-state index contributed by atoms with van der Waals surface area (Å²) in [5.41, 5.74) is 3.00. The van der Waals surface area contributed by atoms with Crippen LogP contribution in [0.4, 0.5) is 5.69 Å². The number of hydrogen-bond donors (Lipinski definition) is 2. The van der Waals surface area contributed by atoms with Gasteiger partial charge in [0.15, 0.2) is 0 Å². The average Bonchev–Trinajstić information content (AvgIpc) is 2.64. The quantitative estimate of drug-likeness (QED) is 0.573. The van der Waals surface area contributed by atoms with Gasteiger partial charge >= 0.3 is 0 Å². The summed E-state index contributed by atoms with van der Waals surface area (Å²) in [7, 11) is -3.65. The Morgan fingerprint density at radius 3 is 2.31 bits per heavy atom. The van der Waals surface area contributed by atoms with Gasteiger partial charge in [-0.1, -0.05) is 37.0 Å². The van der Waals surface area contributed by atoms with Crippen LogP contribution in [0, 0.1) is 18.8 Å². The lowest BCUT2D eigenvalue weighted by molar-refractivity contribution is 0.222. The van der Waals surface area contributed by atoms with Crippen molar-refractivity contribution in [3.63, 3.8) is 0 Å². The second kappa shape index (κ2) is 8.70. The average molecular weight is 459 g/mol. The number of rotatable bonds is 5. The third-order valence-corrected chi connectivity index (χ3v) is 7.33. The second-order valence-corrected chi connectivity index (χ2v) is 10.4. The first-order valence-electron chi connectivity index (χ1n) is 9.29. The van der Waals surface area contributed by atoms with Crippen LogP contribution in [0.25, 0.3) is 0 Å². The van der Waals surface area contributed by atoms with Crippen LogP contribution >= 0.6 is 23.2 Å². The molecule has 1 saturated heterocycles. The smallest absolute Gasteiger partial charge is 0.243 e. The summed E-state index contributed by atoms with van der Waals surface area (Å²) in [5, 5.41) is 9.40. The number of ether oxygens (including phenoxy) is 1. The van der Waals surface area contributed by atoms with E-state index in [1.165, 1.54) is 16.4 Å². The Bertz CT molecular complexity index is 981. The fourth-order valence-corrected chi connectivity index (χ4v) is 6.07. The van der Waals surface area contributed by atoms with Crippen LogP contribution in [0.2, 0.25) is 10.0 Å². The summed E-state index contributed by atoms with van der Waals surface area (Å²) >= 11 is 12.6. The lowest BCUT2D eigenvalue weighted by Crippen LogP contribution is -2.42. The minimum atomic E-state index is -3.65. The summed E-state index contributed by atoms with van der Waals surface area (Å²) in [5.74, 6) is 1.29. The zero-order valence-electron chi connectivity index (χ0n) is 16.4. The third kappa shape index (κ3) is 4.81. The van der Waals surface area contributed by atoms with Crippen LogP contribution in [-0.4, -0.2) is 31.0 Å². The van der Waals surface area contributed by atoms with Gasteiger partial charge < -0.3 is 4.74 Å². The molecule has 0 spiro atoms. The van der Waals surface area contributed by atoms with Crippen molar-refractivity contribution in [3.05, 3.63) is 45.9 Å². The largest absolute Gasteiger partial charge is 0.454 e. The molecule has 6 nitrogen and oxygen atoms in total. The number of piperidine rings is 1. The van der Waals surface area contributed by atoms with Gasteiger partial charge in [0.2, 0.25) is 10.0 Å². The van der Waals surface area contributed by atoms with Gasteiger partial charge in [-0.15, -0.1) is 0 Å². The summed E-state index contributed by atoms with van der Waals surface area (Å²) in [6, 6.07) is 7.65. The molecule has 158 valence electrons. The van der Waals surface area contributed by atoms with E-state index in [-0.39, 0.29) is 14.9 Å². The predicted octanol–water partition coefficient (Wildman–Crippen LogP) is 5.56. The number of nitrogens with one attached hydrogen (secondary N) is 1. The Kier molecular flexibility index (Phi) is 6.65. The first-order valence-corrected chi connectivity index (χ1v) is 11.5. The van der Waals surface area contributed by atoms with Gasteiger partial charge in [0, 0.05) is 13.1 Å². The van der Waals surface area contributed by atoms with Crippen molar-refractivity contribution in [2.24, 2.45) is 11.8 Å². The van der Waals surface area contributed by atoms with E-state index in [2.05, 4.69) is 13.8 Å². The normalized spacial score (nSPS) is 20.5. The molecular formula is C20H24Cl2N2O4S. The molecule has 2 unspecified atom stereocenters. The molecular weight excluding hydrogens is 435 g/mol. The van der Waals surface area contributed by atoms with Crippen molar-refractivity contribution in [3.8, 4) is 11.5 Å². The minimum absolute atomic E-state index is 0.152. The Hall–Kier alpha value is -1.51. The van der Waals surface area contributed by atoms with Crippen LogP contribution in [0.3, 0.4) is 0 Å². The number of halogens is 2. The first-order chi connectivity index (χ1) is 13.6. The molecule has 0 radical (unpaired) electrons. The highest BCUT2D eigenvalue weighted by Crippen LogP contribution is 2.39. The highest BCUT2D eigenvalue weighted by Gasteiger charge is 2.32. The van der Waals surface area contributed by atoms with E-state index in [9.17, 15) is 8.42 Å². The molecule has 1 fully saturated rings. The molecule has 0 aromatic heterocycles. The standard InChI is InChI=1S/C20H24Cl2N2O4S/c1-12-6-13(2)11-24(10-12)29(26,27)16-7-14(3)20(18(22)9-16)28-19-5-4-15(23-25)8-17(19)21/h4-5,7-9,12-13,23,25H,6,10-11H2,1-3H3. The van der Waals surface area contributed by atoms with Crippen LogP contribution < -0.4 is 10.2 Å². The maximum Gasteiger partial charge on any atom is 0.243 e. The van der Waals surface area contributed by atoms with E-state index >= 15 is 0 Å². The molecule has 2 N–H and O–H groups in total. The maximum absolute atomic E-state index is 13.2. The number of nitrogens with zero attached hydrogens (tertiary/aromatic N) is 1. The molecule has 1 aliphatic heterocycles. The number of sulfonamides is 1. The van der Waals surface area contributed by atoms with E-state index in [1.807, 2.05) is 5.48 Å². The molecule has 3 rings (SSSR count). The predicted molar refractivity (Wildman–Crippen MR) is 115 cm³/mol. The molecule has 1 aliphatic rings. The Balaban J connectivity index is 1.91. The Morgan fingerprint density at radius 1 is 1.10 bits per heavy atom. The summed E-state index contributed by atoms with van der Waals surface area (Å²) in [4.78, 5) is 0.152. The SMILES string of the molecule is Cc1cc(S(=O)(=O)N2CC(C)CC(C)C2)cc(Cl)c1Oc1ccc(NO)cc1Cl. The maximum atomic E-state index is 13.2. The zero-order valence-corrected chi connectivity index (χ0v) is 18.8. The highest BCUT2D eigenvalue weighted by atomic mass is 35.5. The second-order valence-electron chi connectivity index (χ2n) is 7.68. The van der Waals surface area contributed by atoms with E-state index in [4.69, 9.17) is 33.1 Å². The molecule has 0 saturated carbocycles. The van der Waals surface area contributed by atoms with Gasteiger partial charge in [-0.25, -0.2) is 8.42 Å². The number of hydrogen-bond acceptors (Lipinski definition) is 5. The van der Waals surface area contributed by atoms with E-state index in [0.29, 0.717) is 47.7 Å². The first kappa shape index (κ1) is 22.2. The van der Waals surface area contributed by atoms with Crippen LogP contribution in [0.1, 0.15) is 25.8 Å². The van der Waals surface area contributed by atoms with Gasteiger partial charge in [-0.3, -0.25) is 10.7 Å². The Labute approximate surface area is 181 Å². The molecule has 2 aromatic carbocycles. The minimum Gasteiger partial charge on any atom is -0.454 e. The number of aryl methyl sites for hydroxylation is 1. The van der Waals surface area contributed by atoms with E-state index < -0.39 is 10.0 Å². The third-order valence-electron chi connectivity index (χ3n) is 4.95. The molecule has 0 aliphatic carbocycles. The van der Waals surface area contributed by atoms with Crippen molar-refractivity contribution < 1.29 is 18.4 Å². The van der Waals surface area contributed by atoms with Crippen molar-refractivity contribution in [2.75, 3.05) is 18.6 Å². The molecule has 0 bridgehead atoms. The lowest BCUT2D eigenvalue weighted by Gasteiger charge is -2.34. The van der Waals surface area contributed by atoms with Crippen LogP contribution in [0.15, 0.2) is 35.2 Å². The summed E-state index contributed by atoms with van der Waals surface area (Å²) < 4.78 is 33.7. The Morgan fingerprint density at radius 2 is 1.76 bits per heavy atom. The molecule has 2 atom stereocenters. The number of benzene rings is 2. The van der Waals surface area contributed by atoms with E-state index in [0.717, 1.165) is 6.42 Å². The van der Waals surface area contributed by atoms with Crippen molar-refractivity contribution in [1.29, 1.82) is 0 Å². The monoisotopic (exact) mass is 458 g/mol. The van der Waals surface area contributed by atoms with Crippen molar-refractivity contribution in [1.82, 2.24) is 4.31 Å². The fraction of sp³-hybridized carbons (Fsp3) is 0.400. The summed E-state index contributed by atoms with van der Waals surface area (Å²) in [6.07, 6.45) is 1.02. The molecule has 1 heterocycles. The van der Waals surface area contributed by atoms with Gasteiger partial charge in [0.05, 0.1) is 20.6 Å². The zero-order chi connectivity index (χ0) is 21.3. The molecule has 9 heteroatoms. The highest BCUT2D eigenvalue weighted by molar-refractivity contribution is 7.89. The van der Waals surface area contributed by atoms with E-state index in [1.54, 1.807) is 25.1 Å². The van der Waals surface area contributed by atoms with Gasteiger partial charge in [0.25, 0.3) is 0 Å². The van der Waals surface area contributed by atoms with Gasteiger partial charge in [0.1, 0.15) is 11.5 Å². The molecule has 2 aromatic rings.